The number of anilines is 1. The molecule has 1 fully saturated rings. The molecule has 7 heteroatoms. The molecule has 1 N–H and O–H groups in total. The van der Waals surface area contributed by atoms with Crippen molar-refractivity contribution in [3.05, 3.63) is 82.7 Å². The van der Waals surface area contributed by atoms with Crippen LogP contribution in [-0.2, 0) is 23.2 Å². The fourth-order valence-electron chi connectivity index (χ4n) is 5.65. The van der Waals surface area contributed by atoms with Gasteiger partial charge in [0.05, 0.1) is 24.1 Å². The summed E-state index contributed by atoms with van der Waals surface area (Å²) in [6, 6.07) is 15.5. The van der Waals surface area contributed by atoms with Crippen molar-refractivity contribution in [3.63, 3.8) is 0 Å². The lowest BCUT2D eigenvalue weighted by Crippen LogP contribution is -2.43. The summed E-state index contributed by atoms with van der Waals surface area (Å²) in [5.74, 6) is 0.633. The highest BCUT2D eigenvalue weighted by atomic mass is 32.2. The van der Waals surface area contributed by atoms with Crippen molar-refractivity contribution < 1.29 is 9.53 Å². The second kappa shape index (κ2) is 10.3. The number of nitrogens with zero attached hydrogens (tertiary/aromatic N) is 2. The van der Waals surface area contributed by atoms with E-state index in [9.17, 15) is 9.59 Å². The van der Waals surface area contributed by atoms with E-state index in [1.165, 1.54) is 23.7 Å². The van der Waals surface area contributed by atoms with Gasteiger partial charge in [0.15, 0.2) is 5.16 Å². The molecular weight excluding hydrogens is 470 g/mol. The van der Waals surface area contributed by atoms with E-state index in [1.807, 2.05) is 24.3 Å². The largest absolute Gasteiger partial charge is 0.497 e. The van der Waals surface area contributed by atoms with Gasteiger partial charge in [-0.15, -0.1) is 6.58 Å². The van der Waals surface area contributed by atoms with Crippen LogP contribution >= 0.6 is 11.8 Å². The number of rotatable bonds is 7. The maximum absolute atomic E-state index is 14.1. The molecule has 0 aliphatic heterocycles. The highest BCUT2D eigenvalue weighted by Crippen LogP contribution is 2.48. The van der Waals surface area contributed by atoms with E-state index in [0.29, 0.717) is 23.1 Å². The average Bonchev–Trinajstić information content (AvgIpc) is 2.89. The Balaban J connectivity index is 1.51. The summed E-state index contributed by atoms with van der Waals surface area (Å²) in [6.45, 7) is 4.23. The van der Waals surface area contributed by atoms with Crippen LogP contribution < -0.4 is 15.6 Å². The van der Waals surface area contributed by atoms with Crippen molar-refractivity contribution in [3.8, 4) is 17.0 Å². The van der Waals surface area contributed by atoms with E-state index < -0.39 is 0 Å². The molecule has 0 radical (unpaired) electrons. The van der Waals surface area contributed by atoms with Gasteiger partial charge in [0, 0.05) is 29.3 Å². The molecule has 1 saturated carbocycles. The van der Waals surface area contributed by atoms with Crippen LogP contribution in [0.5, 0.6) is 5.75 Å². The number of aromatic nitrogens is 2. The third-order valence-corrected chi connectivity index (χ3v) is 8.25. The zero-order valence-electron chi connectivity index (χ0n) is 20.6. The van der Waals surface area contributed by atoms with E-state index in [0.717, 1.165) is 48.9 Å². The highest BCUT2D eigenvalue weighted by Gasteiger charge is 2.43. The van der Waals surface area contributed by atoms with Gasteiger partial charge in [-0.25, -0.2) is 4.98 Å². The summed E-state index contributed by atoms with van der Waals surface area (Å²) in [7, 11) is 1.59. The lowest BCUT2D eigenvalue weighted by Gasteiger charge is -2.42. The number of hydrogen-bond acceptors (Lipinski definition) is 5. The van der Waals surface area contributed by atoms with Gasteiger partial charge in [0.25, 0.3) is 5.56 Å². The fourth-order valence-corrected chi connectivity index (χ4v) is 6.45. The Hall–Kier alpha value is -3.32. The molecule has 186 valence electrons. The summed E-state index contributed by atoms with van der Waals surface area (Å²) >= 11 is 1.28. The standard InChI is InChI=1S/C29H31N3O3S/c1-3-16-32-27(34)25-26(23-13-6-5-10-20(23)18-29(25)14-7-4-8-15-29)31-28(32)36-19-24(33)30-21-11-9-12-22(17-21)35-2/h3,5-6,9-13,17H,1,4,7-8,14-16,18-19H2,2H3,(H,30,33). The predicted octanol–water partition coefficient (Wildman–Crippen LogP) is 5.59. The second-order valence-electron chi connectivity index (χ2n) is 9.57. The number of nitrogens with one attached hydrogen (secondary N) is 1. The maximum atomic E-state index is 14.1. The van der Waals surface area contributed by atoms with Crippen LogP contribution in [0.1, 0.15) is 43.2 Å². The number of carbonyl (C=O) groups excluding carboxylic acids is 1. The molecule has 1 heterocycles. The molecule has 1 aromatic heterocycles. The number of carbonyl (C=O) groups is 1. The molecule has 2 aliphatic rings. The monoisotopic (exact) mass is 501 g/mol. The van der Waals surface area contributed by atoms with Gasteiger partial charge in [-0.2, -0.15) is 0 Å². The number of hydrogen-bond donors (Lipinski definition) is 1. The first-order chi connectivity index (χ1) is 17.5. The Morgan fingerprint density at radius 1 is 1.19 bits per heavy atom. The van der Waals surface area contributed by atoms with Gasteiger partial charge in [0.2, 0.25) is 5.91 Å². The van der Waals surface area contributed by atoms with Gasteiger partial charge < -0.3 is 10.1 Å². The zero-order valence-corrected chi connectivity index (χ0v) is 21.4. The van der Waals surface area contributed by atoms with Crippen molar-refractivity contribution in [1.29, 1.82) is 0 Å². The number of methoxy groups -OCH3 is 1. The first-order valence-electron chi connectivity index (χ1n) is 12.5. The lowest BCUT2D eigenvalue weighted by atomic mass is 9.62. The number of thioether (sulfide) groups is 1. The van der Waals surface area contributed by atoms with Gasteiger partial charge in [-0.3, -0.25) is 14.2 Å². The van der Waals surface area contributed by atoms with Crippen LogP contribution in [-0.4, -0.2) is 28.3 Å². The quantitative estimate of drug-likeness (QED) is 0.259. The van der Waals surface area contributed by atoms with Crippen molar-refractivity contribution in [2.45, 2.75) is 55.6 Å². The Bertz CT molecular complexity index is 1360. The maximum Gasteiger partial charge on any atom is 0.258 e. The van der Waals surface area contributed by atoms with Gasteiger partial charge >= 0.3 is 0 Å². The molecule has 36 heavy (non-hydrogen) atoms. The summed E-state index contributed by atoms with van der Waals surface area (Å²) < 4.78 is 6.93. The van der Waals surface area contributed by atoms with Gasteiger partial charge in [-0.05, 0) is 37.0 Å². The minimum atomic E-state index is -0.172. The average molecular weight is 502 g/mol. The minimum absolute atomic E-state index is 0.00649. The molecule has 3 aromatic rings. The molecule has 0 unspecified atom stereocenters. The Kier molecular flexibility index (Phi) is 7.01. The molecule has 0 bridgehead atoms. The molecule has 6 nitrogen and oxygen atoms in total. The summed E-state index contributed by atoms with van der Waals surface area (Å²) in [5, 5.41) is 3.45. The van der Waals surface area contributed by atoms with Crippen LogP contribution in [0.4, 0.5) is 5.69 Å². The first-order valence-corrected chi connectivity index (χ1v) is 13.4. The molecular formula is C29H31N3O3S. The Labute approximate surface area is 215 Å². The number of ether oxygens (including phenoxy) is 1. The number of allylic oxidation sites excluding steroid dienone is 1. The van der Waals surface area contributed by atoms with Gasteiger partial charge in [0.1, 0.15) is 5.75 Å². The second-order valence-corrected chi connectivity index (χ2v) is 10.5. The number of fused-ring (bicyclic) bond motifs is 4. The molecule has 1 amide bonds. The normalized spacial score (nSPS) is 15.6. The molecule has 5 rings (SSSR count). The van der Waals surface area contributed by atoms with Crippen LogP contribution in [0, 0.1) is 0 Å². The number of benzene rings is 2. The molecule has 2 aliphatic carbocycles. The van der Waals surface area contributed by atoms with Crippen molar-refractivity contribution >= 4 is 23.4 Å². The van der Waals surface area contributed by atoms with Crippen LogP contribution in [0.3, 0.4) is 0 Å². The van der Waals surface area contributed by atoms with Crippen molar-refractivity contribution in [1.82, 2.24) is 9.55 Å². The molecule has 0 saturated heterocycles. The summed E-state index contributed by atoms with van der Waals surface area (Å²) in [4.78, 5) is 31.9. The Morgan fingerprint density at radius 2 is 2.00 bits per heavy atom. The van der Waals surface area contributed by atoms with E-state index >= 15 is 0 Å². The van der Waals surface area contributed by atoms with Crippen molar-refractivity contribution in [2.24, 2.45) is 0 Å². The first kappa shape index (κ1) is 24.4. The lowest BCUT2D eigenvalue weighted by molar-refractivity contribution is -0.113. The van der Waals surface area contributed by atoms with Crippen molar-refractivity contribution in [2.75, 3.05) is 18.2 Å². The molecule has 2 aromatic carbocycles. The third kappa shape index (κ3) is 4.60. The van der Waals surface area contributed by atoms with E-state index in [1.54, 1.807) is 23.8 Å². The number of amides is 1. The van der Waals surface area contributed by atoms with E-state index in [2.05, 4.69) is 30.1 Å². The highest BCUT2D eigenvalue weighted by molar-refractivity contribution is 7.99. The van der Waals surface area contributed by atoms with E-state index in [4.69, 9.17) is 9.72 Å². The zero-order chi connectivity index (χ0) is 25.1. The summed E-state index contributed by atoms with van der Waals surface area (Å²) in [6.07, 6.45) is 8.09. The smallest absolute Gasteiger partial charge is 0.258 e. The van der Waals surface area contributed by atoms with E-state index in [-0.39, 0.29) is 22.6 Å². The Morgan fingerprint density at radius 3 is 2.78 bits per heavy atom. The summed E-state index contributed by atoms with van der Waals surface area (Å²) in [5.41, 5.74) is 4.44. The molecule has 0 atom stereocenters. The third-order valence-electron chi connectivity index (χ3n) is 7.27. The van der Waals surface area contributed by atoms with Gasteiger partial charge in [-0.1, -0.05) is 67.4 Å². The van der Waals surface area contributed by atoms with Crippen LogP contribution in [0.2, 0.25) is 0 Å². The van der Waals surface area contributed by atoms with Crippen LogP contribution in [0.25, 0.3) is 11.3 Å². The predicted molar refractivity (Wildman–Crippen MR) is 145 cm³/mol. The fraction of sp³-hybridized carbons (Fsp3) is 0.345. The molecule has 1 spiro atoms. The van der Waals surface area contributed by atoms with Crippen LogP contribution in [0.15, 0.2) is 71.1 Å². The SMILES string of the molecule is C=CCn1c(SCC(=O)Nc2cccc(OC)c2)nc2c(c1=O)C1(CCCCC1)Cc1ccccc1-2. The topological polar surface area (TPSA) is 73.2 Å². The minimum Gasteiger partial charge on any atom is -0.497 e.